The Hall–Kier alpha value is -2.74. The van der Waals surface area contributed by atoms with Crippen molar-refractivity contribution in [1.82, 2.24) is 9.80 Å². The average molecular weight is 347 g/mol. The van der Waals surface area contributed by atoms with Gasteiger partial charge in [-0.25, -0.2) is 4.39 Å². The van der Waals surface area contributed by atoms with Crippen LogP contribution in [0.15, 0.2) is 40.8 Å². The van der Waals surface area contributed by atoms with Gasteiger partial charge >= 0.3 is 5.88 Å². The molecule has 0 bridgehead atoms. The van der Waals surface area contributed by atoms with Crippen LogP contribution in [-0.2, 0) is 6.54 Å². The molecule has 25 heavy (non-hydrogen) atoms. The highest BCUT2D eigenvalue weighted by molar-refractivity contribution is 5.91. The van der Waals surface area contributed by atoms with Crippen molar-refractivity contribution >= 4 is 11.8 Å². The molecule has 7 nitrogen and oxygen atoms in total. The Kier molecular flexibility index (Phi) is 5.08. The van der Waals surface area contributed by atoms with Gasteiger partial charge in [0.25, 0.3) is 5.91 Å². The minimum absolute atomic E-state index is 0.0151. The topological polar surface area (TPSA) is 79.8 Å². The molecule has 8 heteroatoms. The summed E-state index contributed by atoms with van der Waals surface area (Å²) in [6.07, 6.45) is 0.787. The number of rotatable bonds is 4. The molecular weight excluding hydrogens is 329 g/mol. The molecule has 0 saturated carbocycles. The number of nitro groups is 1. The van der Waals surface area contributed by atoms with Crippen LogP contribution in [0.1, 0.15) is 22.5 Å². The van der Waals surface area contributed by atoms with Gasteiger partial charge in [-0.2, -0.15) is 0 Å². The lowest BCUT2D eigenvalue weighted by Crippen LogP contribution is -2.34. The summed E-state index contributed by atoms with van der Waals surface area (Å²) in [6.45, 7) is 3.25. The number of amides is 1. The monoisotopic (exact) mass is 347 g/mol. The molecule has 0 spiro atoms. The summed E-state index contributed by atoms with van der Waals surface area (Å²) in [5.41, 5.74) is 1.02. The van der Waals surface area contributed by atoms with Gasteiger partial charge in [0.1, 0.15) is 10.7 Å². The Morgan fingerprint density at radius 3 is 2.56 bits per heavy atom. The number of hydrogen-bond acceptors (Lipinski definition) is 5. The maximum atomic E-state index is 13.0. The first-order chi connectivity index (χ1) is 12.0. The zero-order chi connectivity index (χ0) is 17.8. The minimum atomic E-state index is -0.663. The van der Waals surface area contributed by atoms with Gasteiger partial charge < -0.3 is 9.32 Å². The third kappa shape index (κ3) is 4.21. The fourth-order valence-corrected chi connectivity index (χ4v) is 2.88. The predicted molar refractivity (Wildman–Crippen MR) is 87.6 cm³/mol. The molecule has 3 rings (SSSR count). The third-order valence-electron chi connectivity index (χ3n) is 4.18. The summed E-state index contributed by atoms with van der Waals surface area (Å²) in [7, 11) is 0. The molecule has 1 aromatic carbocycles. The van der Waals surface area contributed by atoms with Crippen LogP contribution in [0, 0.1) is 15.9 Å². The van der Waals surface area contributed by atoms with Gasteiger partial charge in [0.05, 0.1) is 6.07 Å². The Labute approximate surface area is 143 Å². The lowest BCUT2D eigenvalue weighted by molar-refractivity contribution is -0.402. The number of furan rings is 1. The highest BCUT2D eigenvalue weighted by Crippen LogP contribution is 2.18. The maximum absolute atomic E-state index is 13.0. The van der Waals surface area contributed by atoms with Gasteiger partial charge in [-0.05, 0) is 30.2 Å². The number of hydrogen-bond donors (Lipinski definition) is 0. The molecule has 1 aliphatic rings. The first-order valence-corrected chi connectivity index (χ1v) is 8.03. The van der Waals surface area contributed by atoms with Gasteiger partial charge in [0, 0.05) is 32.7 Å². The fourth-order valence-electron chi connectivity index (χ4n) is 2.88. The Morgan fingerprint density at radius 2 is 1.88 bits per heavy atom. The molecule has 2 heterocycles. The minimum Gasteiger partial charge on any atom is -0.395 e. The van der Waals surface area contributed by atoms with Crippen molar-refractivity contribution in [2.75, 3.05) is 26.2 Å². The van der Waals surface area contributed by atoms with Crippen LogP contribution in [0.2, 0.25) is 0 Å². The van der Waals surface area contributed by atoms with Gasteiger partial charge in [-0.1, -0.05) is 12.1 Å². The van der Waals surface area contributed by atoms with E-state index in [1.54, 1.807) is 17.0 Å². The molecular formula is C17H18FN3O4. The number of benzene rings is 1. The molecule has 0 aliphatic carbocycles. The largest absolute Gasteiger partial charge is 0.433 e. The molecule has 1 aromatic heterocycles. The van der Waals surface area contributed by atoms with Crippen LogP contribution >= 0.6 is 0 Å². The Bertz CT molecular complexity index is 760. The second-order valence-electron chi connectivity index (χ2n) is 5.94. The van der Waals surface area contributed by atoms with Crippen LogP contribution < -0.4 is 0 Å². The van der Waals surface area contributed by atoms with E-state index in [-0.39, 0.29) is 17.5 Å². The number of carbonyl (C=O) groups excluding carboxylic acids is 1. The molecule has 0 radical (unpaired) electrons. The molecule has 132 valence electrons. The number of nitrogens with zero attached hydrogens (tertiary/aromatic N) is 3. The van der Waals surface area contributed by atoms with Crippen LogP contribution in [0.4, 0.5) is 10.3 Å². The van der Waals surface area contributed by atoms with Crippen molar-refractivity contribution in [2.24, 2.45) is 0 Å². The third-order valence-corrected chi connectivity index (χ3v) is 4.18. The van der Waals surface area contributed by atoms with Crippen molar-refractivity contribution in [1.29, 1.82) is 0 Å². The van der Waals surface area contributed by atoms with E-state index in [1.807, 2.05) is 0 Å². The number of halogens is 1. The summed E-state index contributed by atoms with van der Waals surface area (Å²) in [5.74, 6) is -1.05. The highest BCUT2D eigenvalue weighted by atomic mass is 19.1. The maximum Gasteiger partial charge on any atom is 0.433 e. The fraction of sp³-hybridized carbons (Fsp3) is 0.353. The van der Waals surface area contributed by atoms with Crippen molar-refractivity contribution in [3.63, 3.8) is 0 Å². The zero-order valence-electron chi connectivity index (χ0n) is 13.6. The van der Waals surface area contributed by atoms with E-state index in [0.717, 1.165) is 18.5 Å². The first kappa shape index (κ1) is 17.1. The van der Waals surface area contributed by atoms with Crippen LogP contribution in [-0.4, -0.2) is 46.8 Å². The SMILES string of the molecule is O=C(c1ccc([N+](=O)[O-])o1)N1CCCN(Cc2ccc(F)cc2)CC1. The van der Waals surface area contributed by atoms with Crippen LogP contribution in [0.25, 0.3) is 0 Å². The summed E-state index contributed by atoms with van der Waals surface area (Å²) < 4.78 is 18.0. The lowest BCUT2D eigenvalue weighted by Gasteiger charge is -2.21. The van der Waals surface area contributed by atoms with E-state index in [2.05, 4.69) is 4.90 Å². The average Bonchev–Trinajstić information content (AvgIpc) is 2.98. The molecule has 0 atom stereocenters. The molecule has 1 saturated heterocycles. The molecule has 0 N–H and O–H groups in total. The smallest absolute Gasteiger partial charge is 0.395 e. The quantitative estimate of drug-likeness (QED) is 0.627. The van der Waals surface area contributed by atoms with Crippen LogP contribution in [0.5, 0.6) is 0 Å². The van der Waals surface area contributed by atoms with Gasteiger partial charge in [-0.15, -0.1) is 0 Å². The van der Waals surface area contributed by atoms with Gasteiger partial charge in [0.15, 0.2) is 5.76 Å². The Morgan fingerprint density at radius 1 is 1.12 bits per heavy atom. The lowest BCUT2D eigenvalue weighted by atomic mass is 10.2. The molecule has 0 unspecified atom stereocenters. The summed E-state index contributed by atoms with van der Waals surface area (Å²) in [5, 5.41) is 10.7. The van der Waals surface area contributed by atoms with Crippen LogP contribution in [0.3, 0.4) is 0 Å². The second-order valence-corrected chi connectivity index (χ2v) is 5.94. The van der Waals surface area contributed by atoms with E-state index >= 15 is 0 Å². The standard InChI is InChI=1S/C17H18FN3O4/c18-14-4-2-13(3-5-14)12-19-8-1-9-20(11-10-19)17(22)15-6-7-16(25-15)21(23)24/h2-7H,1,8-12H2. The van der Waals surface area contributed by atoms with E-state index in [4.69, 9.17) is 4.42 Å². The summed E-state index contributed by atoms with van der Waals surface area (Å²) in [6, 6.07) is 8.91. The summed E-state index contributed by atoms with van der Waals surface area (Å²) >= 11 is 0. The number of carbonyl (C=O) groups is 1. The van der Waals surface area contributed by atoms with Crippen molar-refractivity contribution in [3.8, 4) is 0 Å². The highest BCUT2D eigenvalue weighted by Gasteiger charge is 2.24. The molecule has 1 fully saturated rings. The van der Waals surface area contributed by atoms with E-state index < -0.39 is 10.8 Å². The van der Waals surface area contributed by atoms with Crippen molar-refractivity contribution in [2.45, 2.75) is 13.0 Å². The van der Waals surface area contributed by atoms with E-state index in [9.17, 15) is 19.3 Å². The second kappa shape index (κ2) is 7.43. The first-order valence-electron chi connectivity index (χ1n) is 8.03. The normalized spacial score (nSPS) is 15.8. The van der Waals surface area contributed by atoms with E-state index in [0.29, 0.717) is 26.2 Å². The van der Waals surface area contributed by atoms with Gasteiger partial charge in [-0.3, -0.25) is 19.8 Å². The zero-order valence-corrected chi connectivity index (χ0v) is 13.6. The van der Waals surface area contributed by atoms with Crippen molar-refractivity contribution < 1.29 is 18.5 Å². The predicted octanol–water partition coefficient (Wildman–Crippen LogP) is 2.68. The van der Waals surface area contributed by atoms with E-state index in [1.165, 1.54) is 24.3 Å². The molecule has 1 amide bonds. The molecule has 1 aliphatic heterocycles. The van der Waals surface area contributed by atoms with Crippen molar-refractivity contribution in [3.05, 3.63) is 63.7 Å². The Balaban J connectivity index is 1.59. The van der Waals surface area contributed by atoms with Gasteiger partial charge in [0.2, 0.25) is 0 Å². The summed E-state index contributed by atoms with van der Waals surface area (Å²) in [4.78, 5) is 26.3. The molecule has 2 aromatic rings.